The molecule has 0 atom stereocenters. The van der Waals surface area contributed by atoms with Crippen LogP contribution < -0.4 is 10.1 Å². The van der Waals surface area contributed by atoms with Gasteiger partial charge in [0.2, 0.25) is 0 Å². The molecule has 4 nitrogen and oxygen atoms in total. The second-order valence-corrected chi connectivity index (χ2v) is 6.75. The second-order valence-electron chi connectivity index (χ2n) is 5.08. The van der Waals surface area contributed by atoms with E-state index in [-0.39, 0.29) is 5.91 Å². The highest BCUT2D eigenvalue weighted by molar-refractivity contribution is 7.14. The van der Waals surface area contributed by atoms with Gasteiger partial charge in [-0.05, 0) is 49.4 Å². The van der Waals surface area contributed by atoms with Crippen molar-refractivity contribution in [3.63, 3.8) is 0 Å². The number of halogens is 2. The van der Waals surface area contributed by atoms with E-state index in [1.54, 1.807) is 12.1 Å². The summed E-state index contributed by atoms with van der Waals surface area (Å²) in [5.41, 5.74) is 2.17. The SMILES string of the molecule is CCOc1ccc(-c2csc(NC(=O)c3ccc(Cl)c(Cl)c3)n2)cc1. The molecule has 0 aliphatic heterocycles. The number of thiazole rings is 1. The lowest BCUT2D eigenvalue weighted by Gasteiger charge is -2.04. The first kappa shape index (κ1) is 17.7. The third-order valence-corrected chi connectivity index (χ3v) is 4.86. The van der Waals surface area contributed by atoms with Crippen LogP contribution in [0.2, 0.25) is 10.0 Å². The minimum absolute atomic E-state index is 0.286. The zero-order chi connectivity index (χ0) is 17.8. The molecule has 2 aromatic carbocycles. The number of amides is 1. The fourth-order valence-electron chi connectivity index (χ4n) is 2.16. The number of anilines is 1. The topological polar surface area (TPSA) is 51.2 Å². The summed E-state index contributed by atoms with van der Waals surface area (Å²) in [5, 5.41) is 5.92. The van der Waals surface area contributed by atoms with Crippen molar-refractivity contribution in [2.24, 2.45) is 0 Å². The third-order valence-electron chi connectivity index (χ3n) is 3.37. The lowest BCUT2D eigenvalue weighted by atomic mass is 10.2. The number of aromatic nitrogens is 1. The molecule has 1 aromatic heterocycles. The van der Waals surface area contributed by atoms with Crippen LogP contribution in [0.25, 0.3) is 11.3 Å². The summed E-state index contributed by atoms with van der Waals surface area (Å²) >= 11 is 13.2. The van der Waals surface area contributed by atoms with Crippen LogP contribution in [-0.2, 0) is 0 Å². The summed E-state index contributed by atoms with van der Waals surface area (Å²) in [6, 6.07) is 12.4. The van der Waals surface area contributed by atoms with Gasteiger partial charge in [0, 0.05) is 16.5 Å². The maximum atomic E-state index is 12.3. The number of carbonyl (C=O) groups is 1. The van der Waals surface area contributed by atoms with Crippen molar-refractivity contribution in [1.29, 1.82) is 0 Å². The number of carbonyl (C=O) groups excluding carboxylic acids is 1. The van der Waals surface area contributed by atoms with Crippen molar-refractivity contribution in [3.8, 4) is 17.0 Å². The quantitative estimate of drug-likeness (QED) is 0.599. The van der Waals surface area contributed by atoms with Gasteiger partial charge in [0.05, 0.1) is 22.3 Å². The summed E-state index contributed by atoms with van der Waals surface area (Å²) in [6.07, 6.45) is 0. The van der Waals surface area contributed by atoms with Crippen LogP contribution in [0.5, 0.6) is 5.75 Å². The molecule has 0 fully saturated rings. The third kappa shape index (κ3) is 4.31. The van der Waals surface area contributed by atoms with Crippen molar-refractivity contribution in [2.75, 3.05) is 11.9 Å². The van der Waals surface area contributed by atoms with Gasteiger partial charge >= 0.3 is 0 Å². The van der Waals surface area contributed by atoms with Crippen LogP contribution in [0.4, 0.5) is 5.13 Å². The minimum Gasteiger partial charge on any atom is -0.494 e. The molecular formula is C18H14Cl2N2O2S. The molecule has 1 N–H and O–H groups in total. The van der Waals surface area contributed by atoms with Gasteiger partial charge < -0.3 is 4.74 Å². The zero-order valence-corrected chi connectivity index (χ0v) is 15.6. The van der Waals surface area contributed by atoms with Crippen molar-refractivity contribution in [3.05, 3.63) is 63.5 Å². The Hall–Kier alpha value is -2.08. The Kier molecular flexibility index (Phi) is 5.58. The summed E-state index contributed by atoms with van der Waals surface area (Å²) in [4.78, 5) is 16.7. The molecule has 0 aliphatic rings. The summed E-state index contributed by atoms with van der Waals surface area (Å²) in [5.74, 6) is 0.529. The average Bonchev–Trinajstić information content (AvgIpc) is 3.06. The fraction of sp³-hybridized carbons (Fsp3) is 0.111. The largest absolute Gasteiger partial charge is 0.494 e. The number of hydrogen-bond acceptors (Lipinski definition) is 4. The van der Waals surface area contributed by atoms with E-state index >= 15 is 0 Å². The van der Waals surface area contributed by atoms with E-state index in [0.717, 1.165) is 17.0 Å². The lowest BCUT2D eigenvalue weighted by Crippen LogP contribution is -2.11. The van der Waals surface area contributed by atoms with Gasteiger partial charge in [-0.3, -0.25) is 10.1 Å². The van der Waals surface area contributed by atoms with Gasteiger partial charge in [-0.25, -0.2) is 4.98 Å². The first-order chi connectivity index (χ1) is 12.1. The lowest BCUT2D eigenvalue weighted by molar-refractivity contribution is 0.102. The summed E-state index contributed by atoms with van der Waals surface area (Å²) in [6.45, 7) is 2.57. The minimum atomic E-state index is -0.286. The molecule has 25 heavy (non-hydrogen) atoms. The molecule has 0 saturated heterocycles. The molecule has 128 valence electrons. The standard InChI is InChI=1S/C18H14Cl2N2O2S/c1-2-24-13-6-3-11(4-7-13)16-10-25-18(21-16)22-17(23)12-5-8-14(19)15(20)9-12/h3-10H,2H2,1H3,(H,21,22,23). The van der Waals surface area contributed by atoms with Crippen molar-refractivity contribution >= 4 is 45.6 Å². The van der Waals surface area contributed by atoms with E-state index in [1.807, 2.05) is 36.6 Å². The highest BCUT2D eigenvalue weighted by Crippen LogP contribution is 2.27. The van der Waals surface area contributed by atoms with Crippen molar-refractivity contribution in [2.45, 2.75) is 6.92 Å². The molecule has 0 aliphatic carbocycles. The van der Waals surface area contributed by atoms with E-state index in [4.69, 9.17) is 27.9 Å². The van der Waals surface area contributed by atoms with E-state index in [9.17, 15) is 4.79 Å². The van der Waals surface area contributed by atoms with Gasteiger partial charge in [0.15, 0.2) is 5.13 Å². The summed E-state index contributed by atoms with van der Waals surface area (Å²) < 4.78 is 5.43. The molecule has 7 heteroatoms. The molecule has 0 spiro atoms. The molecule has 0 unspecified atom stereocenters. The van der Waals surface area contributed by atoms with Crippen molar-refractivity contribution in [1.82, 2.24) is 4.98 Å². The zero-order valence-electron chi connectivity index (χ0n) is 13.3. The Morgan fingerprint density at radius 1 is 1.16 bits per heavy atom. The molecule has 0 saturated carbocycles. The van der Waals surface area contributed by atoms with Gasteiger partial charge in [0.25, 0.3) is 5.91 Å². The molecule has 3 rings (SSSR count). The Morgan fingerprint density at radius 3 is 2.60 bits per heavy atom. The Balaban J connectivity index is 1.72. The normalized spacial score (nSPS) is 10.5. The molecule has 3 aromatic rings. The number of nitrogens with zero attached hydrogens (tertiary/aromatic N) is 1. The second kappa shape index (κ2) is 7.87. The maximum Gasteiger partial charge on any atom is 0.257 e. The van der Waals surface area contributed by atoms with Gasteiger partial charge in [-0.1, -0.05) is 23.2 Å². The number of benzene rings is 2. The predicted molar refractivity (Wildman–Crippen MR) is 103 cm³/mol. The highest BCUT2D eigenvalue weighted by Gasteiger charge is 2.11. The average molecular weight is 393 g/mol. The van der Waals surface area contributed by atoms with Crippen LogP contribution in [0.15, 0.2) is 47.8 Å². The molecule has 1 heterocycles. The number of rotatable bonds is 5. The van der Waals surface area contributed by atoms with Gasteiger partial charge in [-0.15, -0.1) is 11.3 Å². The molecule has 1 amide bonds. The van der Waals surface area contributed by atoms with E-state index in [1.165, 1.54) is 17.4 Å². The predicted octanol–water partition coefficient (Wildman–Crippen LogP) is 5.77. The Morgan fingerprint density at radius 2 is 1.92 bits per heavy atom. The monoisotopic (exact) mass is 392 g/mol. The smallest absolute Gasteiger partial charge is 0.257 e. The van der Waals surface area contributed by atoms with Gasteiger partial charge in [-0.2, -0.15) is 0 Å². The van der Waals surface area contributed by atoms with E-state index < -0.39 is 0 Å². The Bertz CT molecular complexity index is 894. The Labute approximate surface area is 159 Å². The number of hydrogen-bond donors (Lipinski definition) is 1. The number of nitrogens with one attached hydrogen (secondary N) is 1. The van der Waals surface area contributed by atoms with E-state index in [2.05, 4.69) is 10.3 Å². The fourth-order valence-corrected chi connectivity index (χ4v) is 3.17. The van der Waals surface area contributed by atoms with Crippen LogP contribution in [0.1, 0.15) is 17.3 Å². The number of ether oxygens (including phenoxy) is 1. The van der Waals surface area contributed by atoms with Crippen LogP contribution in [0.3, 0.4) is 0 Å². The first-order valence-corrected chi connectivity index (χ1v) is 9.15. The van der Waals surface area contributed by atoms with Crippen LogP contribution >= 0.6 is 34.5 Å². The van der Waals surface area contributed by atoms with Crippen molar-refractivity contribution < 1.29 is 9.53 Å². The summed E-state index contributed by atoms with van der Waals surface area (Å²) in [7, 11) is 0. The van der Waals surface area contributed by atoms with Crippen LogP contribution in [0, 0.1) is 0 Å². The van der Waals surface area contributed by atoms with Gasteiger partial charge in [0.1, 0.15) is 5.75 Å². The highest BCUT2D eigenvalue weighted by atomic mass is 35.5. The van der Waals surface area contributed by atoms with E-state index in [0.29, 0.717) is 27.3 Å². The molecule has 0 radical (unpaired) electrons. The molecular weight excluding hydrogens is 379 g/mol. The maximum absolute atomic E-state index is 12.3. The molecule has 0 bridgehead atoms. The van der Waals surface area contributed by atoms with Crippen LogP contribution in [-0.4, -0.2) is 17.5 Å². The first-order valence-electron chi connectivity index (χ1n) is 7.52.